The monoisotopic (exact) mass is 115 g/mol. The molecule has 0 atom stereocenters. The minimum Gasteiger partial charge on any atom is -0.295 e. The first-order valence-corrected chi connectivity index (χ1v) is 2.53. The van der Waals surface area contributed by atoms with E-state index in [1.807, 2.05) is 13.0 Å². The van der Waals surface area contributed by atoms with E-state index >= 15 is 0 Å². The predicted octanol–water partition coefficient (Wildman–Crippen LogP) is 1.52. The molecule has 0 aromatic carbocycles. The molecule has 1 nitrogen and oxygen atoms in total. The van der Waals surface area contributed by atoms with Crippen LogP contribution in [0, 0.1) is 0 Å². The normalized spacial score (nSPS) is 13.3. The summed E-state index contributed by atoms with van der Waals surface area (Å²) in [5.74, 6) is 0. The van der Waals surface area contributed by atoms with Crippen molar-refractivity contribution in [3.63, 3.8) is 0 Å². The van der Waals surface area contributed by atoms with Crippen LogP contribution in [-0.2, 0) is 0 Å². The molecule has 0 amide bonds. The van der Waals surface area contributed by atoms with Crippen molar-refractivity contribution in [1.29, 1.82) is 0 Å². The number of thiol groups is 1. The van der Waals surface area contributed by atoms with Crippen molar-refractivity contribution >= 4 is 18.8 Å². The molecule has 40 valence electrons. The van der Waals surface area contributed by atoms with Gasteiger partial charge in [-0.2, -0.15) is 0 Å². The smallest absolute Gasteiger partial charge is 0.0339 e. The highest BCUT2D eigenvalue weighted by Gasteiger charge is 1.72. The van der Waals surface area contributed by atoms with Crippen LogP contribution in [0.4, 0.5) is 0 Å². The van der Waals surface area contributed by atoms with Gasteiger partial charge in [0.1, 0.15) is 0 Å². The Labute approximate surface area is 49.6 Å². The van der Waals surface area contributed by atoms with Gasteiger partial charge in [-0.25, -0.2) is 0 Å². The molecule has 0 heterocycles. The fourth-order valence-corrected chi connectivity index (χ4v) is 0.322. The third kappa shape index (κ3) is 3.59. The Kier molecular flexibility index (Phi) is 3.80. The summed E-state index contributed by atoms with van der Waals surface area (Å²) >= 11 is 4.02. The highest BCUT2D eigenvalue weighted by atomic mass is 32.1. The first-order valence-electron chi connectivity index (χ1n) is 2.08. The van der Waals surface area contributed by atoms with Crippen LogP contribution in [0.3, 0.4) is 0 Å². The Morgan fingerprint density at radius 3 is 2.43 bits per heavy atom. The van der Waals surface area contributed by atoms with Gasteiger partial charge in [-0.1, -0.05) is 6.08 Å². The van der Waals surface area contributed by atoms with Crippen LogP contribution in [0.25, 0.3) is 0 Å². The summed E-state index contributed by atoms with van der Waals surface area (Å²) in [4.78, 5) is 4.64. The lowest BCUT2D eigenvalue weighted by atomic mass is 10.5. The molecule has 0 rings (SSSR count). The second-order valence-corrected chi connectivity index (χ2v) is 1.62. The molecule has 0 N–H and O–H groups in total. The second kappa shape index (κ2) is 3.93. The molecule has 0 aromatic rings. The van der Waals surface area contributed by atoms with Gasteiger partial charge in [0.15, 0.2) is 0 Å². The number of nitrogens with zero attached hydrogens (tertiary/aromatic N) is 1. The fourth-order valence-electron chi connectivity index (χ4n) is 0.207. The largest absolute Gasteiger partial charge is 0.295 e. The van der Waals surface area contributed by atoms with Crippen LogP contribution in [0.15, 0.2) is 16.0 Å². The summed E-state index contributed by atoms with van der Waals surface area (Å²) in [5, 5.41) is 0. The predicted molar refractivity (Wildman–Crippen MR) is 37.2 cm³/mol. The first kappa shape index (κ1) is 6.76. The third-order valence-electron chi connectivity index (χ3n) is 0.557. The van der Waals surface area contributed by atoms with Crippen molar-refractivity contribution in [1.82, 2.24) is 0 Å². The molecule has 0 radical (unpaired) electrons. The first-order chi connectivity index (χ1) is 3.31. The molecule has 0 aromatic heterocycles. The van der Waals surface area contributed by atoms with Gasteiger partial charge in [0.25, 0.3) is 0 Å². The van der Waals surface area contributed by atoms with Crippen molar-refractivity contribution < 1.29 is 0 Å². The van der Waals surface area contributed by atoms with E-state index in [2.05, 4.69) is 17.6 Å². The van der Waals surface area contributed by atoms with Crippen LogP contribution in [-0.4, -0.2) is 13.3 Å². The second-order valence-electron chi connectivity index (χ2n) is 1.10. The van der Waals surface area contributed by atoms with Crippen LogP contribution in [0.2, 0.25) is 0 Å². The molecule has 7 heavy (non-hydrogen) atoms. The number of aliphatic imine (C=N–C) groups is 1. The maximum Gasteiger partial charge on any atom is 0.0339 e. The lowest BCUT2D eigenvalue weighted by molar-refractivity contribution is 1.47. The number of hydrogen-bond acceptors (Lipinski definition) is 2. The van der Waals surface area contributed by atoms with Crippen molar-refractivity contribution in [2.24, 2.45) is 4.99 Å². The Balaban J connectivity index is 3.58. The average molecular weight is 115 g/mol. The van der Waals surface area contributed by atoms with Crippen molar-refractivity contribution in [2.75, 3.05) is 7.05 Å². The van der Waals surface area contributed by atoms with E-state index < -0.39 is 0 Å². The number of allylic oxidation sites excluding steroid dienone is 2. The standard InChI is InChI=1S/C5H9NS/c1-3-5(7)4-6-2/h3-4,7H,1-2H3/b5-3+,6-4?. The Morgan fingerprint density at radius 1 is 1.71 bits per heavy atom. The molecule has 0 saturated carbocycles. The zero-order valence-electron chi connectivity index (χ0n) is 4.55. The summed E-state index contributed by atoms with van der Waals surface area (Å²) in [6, 6.07) is 0. The number of rotatable bonds is 1. The Bertz CT molecular complexity index is 94.3. The molecule has 0 spiro atoms. The molecule has 0 bridgehead atoms. The van der Waals surface area contributed by atoms with Crippen molar-refractivity contribution in [3.05, 3.63) is 11.0 Å². The van der Waals surface area contributed by atoms with Gasteiger partial charge >= 0.3 is 0 Å². The van der Waals surface area contributed by atoms with E-state index in [1.165, 1.54) is 0 Å². The molecule has 2 heteroatoms. The third-order valence-corrected chi connectivity index (χ3v) is 0.931. The average Bonchev–Trinajstić information content (AvgIpc) is 1.68. The van der Waals surface area contributed by atoms with E-state index in [4.69, 9.17) is 0 Å². The van der Waals surface area contributed by atoms with Gasteiger partial charge in [0, 0.05) is 18.2 Å². The fraction of sp³-hybridized carbons (Fsp3) is 0.400. The van der Waals surface area contributed by atoms with E-state index in [9.17, 15) is 0 Å². The van der Waals surface area contributed by atoms with Crippen LogP contribution in [0.1, 0.15) is 6.92 Å². The molecule has 0 aliphatic rings. The topological polar surface area (TPSA) is 12.4 Å². The Hall–Kier alpha value is -0.240. The van der Waals surface area contributed by atoms with Gasteiger partial charge < -0.3 is 0 Å². The lowest BCUT2D eigenvalue weighted by Crippen LogP contribution is -1.68. The number of hydrogen-bond donors (Lipinski definition) is 1. The maximum atomic E-state index is 4.02. The molecule has 0 unspecified atom stereocenters. The SMILES string of the molecule is C/C=C(/S)C=NC. The minimum absolute atomic E-state index is 0.905. The highest BCUT2D eigenvalue weighted by Crippen LogP contribution is 1.92. The molecule has 0 saturated heterocycles. The molecule has 0 aliphatic carbocycles. The zero-order valence-corrected chi connectivity index (χ0v) is 5.44. The van der Waals surface area contributed by atoms with Crippen LogP contribution >= 0.6 is 12.6 Å². The van der Waals surface area contributed by atoms with Gasteiger partial charge in [0.05, 0.1) is 0 Å². The van der Waals surface area contributed by atoms with E-state index in [-0.39, 0.29) is 0 Å². The van der Waals surface area contributed by atoms with E-state index in [1.54, 1.807) is 13.3 Å². The van der Waals surface area contributed by atoms with Gasteiger partial charge in [0.2, 0.25) is 0 Å². The summed E-state index contributed by atoms with van der Waals surface area (Å²) in [6.45, 7) is 1.92. The summed E-state index contributed by atoms with van der Waals surface area (Å²) in [6.07, 6.45) is 3.58. The molecule has 0 fully saturated rings. The van der Waals surface area contributed by atoms with Gasteiger partial charge in [-0.05, 0) is 6.92 Å². The van der Waals surface area contributed by atoms with Gasteiger partial charge in [-0.15, -0.1) is 12.6 Å². The van der Waals surface area contributed by atoms with E-state index in [0.717, 1.165) is 4.91 Å². The van der Waals surface area contributed by atoms with Crippen LogP contribution < -0.4 is 0 Å². The minimum atomic E-state index is 0.905. The maximum absolute atomic E-state index is 4.02. The highest BCUT2D eigenvalue weighted by molar-refractivity contribution is 7.85. The van der Waals surface area contributed by atoms with Crippen molar-refractivity contribution in [3.8, 4) is 0 Å². The molecular formula is C5H9NS. The quantitative estimate of drug-likeness (QED) is 0.393. The lowest BCUT2D eigenvalue weighted by Gasteiger charge is -1.79. The molecule has 0 aliphatic heterocycles. The Morgan fingerprint density at radius 2 is 2.29 bits per heavy atom. The zero-order chi connectivity index (χ0) is 5.70. The van der Waals surface area contributed by atoms with Crippen LogP contribution in [0.5, 0.6) is 0 Å². The van der Waals surface area contributed by atoms with Gasteiger partial charge in [-0.3, -0.25) is 4.99 Å². The summed E-state index contributed by atoms with van der Waals surface area (Å²) in [5.41, 5.74) is 0. The molecular weight excluding hydrogens is 106 g/mol. The summed E-state index contributed by atoms with van der Waals surface area (Å²) in [7, 11) is 1.72. The summed E-state index contributed by atoms with van der Waals surface area (Å²) < 4.78 is 0. The van der Waals surface area contributed by atoms with E-state index in [0.29, 0.717) is 0 Å². The van der Waals surface area contributed by atoms with Crippen molar-refractivity contribution in [2.45, 2.75) is 6.92 Å².